The number of fused-ring (bicyclic) bond motifs is 1. The van der Waals surface area contributed by atoms with Crippen LogP contribution in [0.3, 0.4) is 0 Å². The Balaban J connectivity index is 0.00000193. The molecule has 172 valence electrons. The zero-order valence-electron chi connectivity index (χ0n) is 18.9. The predicted molar refractivity (Wildman–Crippen MR) is 126 cm³/mol. The number of amides is 1. The summed E-state index contributed by atoms with van der Waals surface area (Å²) in [7, 11) is 2.14. The summed E-state index contributed by atoms with van der Waals surface area (Å²) in [5.74, 6) is 2.27. The minimum absolute atomic E-state index is 0. The molecule has 3 aromatic rings. The number of piperazine rings is 1. The van der Waals surface area contributed by atoms with Crippen LogP contribution in [0.15, 0.2) is 48.7 Å². The van der Waals surface area contributed by atoms with Gasteiger partial charge < -0.3 is 19.9 Å². The molecule has 1 fully saturated rings. The van der Waals surface area contributed by atoms with Crippen molar-refractivity contribution >= 4 is 28.4 Å². The standard InChI is InChI=1S/C24H29N5O2.Rn.H2/c1-24(2,3)23(30)26-17-5-7-18(8-6-17)31-19-9-10-20-21(15-19)27-22(16-25-20)29-13-11-28(4)12-14-29;;/h5-10,15-16H,11-14H2,1-4H3,(H,26,30);;1H. The van der Waals surface area contributed by atoms with Gasteiger partial charge in [-0.1, -0.05) is 20.8 Å². The largest absolute Gasteiger partial charge is 0.457 e. The van der Waals surface area contributed by atoms with E-state index in [1.807, 2.05) is 69.4 Å². The molecule has 0 aliphatic carbocycles. The Morgan fingerprint density at radius 1 is 1.00 bits per heavy atom. The monoisotopic (exact) mass is 643 g/mol. The van der Waals surface area contributed by atoms with Crippen molar-refractivity contribution in [3.63, 3.8) is 0 Å². The van der Waals surface area contributed by atoms with Gasteiger partial charge in [0.25, 0.3) is 0 Å². The Labute approximate surface area is 252 Å². The quantitative estimate of drug-likeness (QED) is 0.455. The molecule has 0 spiro atoms. The molecule has 0 unspecified atom stereocenters. The minimum atomic E-state index is -0.440. The third-order valence-corrected chi connectivity index (χ3v) is 5.36. The summed E-state index contributed by atoms with van der Waals surface area (Å²) >= 11 is 0. The number of carbonyl (C=O) groups is 1. The van der Waals surface area contributed by atoms with Gasteiger partial charge in [0, 0.05) is 117 Å². The van der Waals surface area contributed by atoms with Crippen LogP contribution in [0.5, 0.6) is 11.5 Å². The molecule has 1 amide bonds. The number of rotatable bonds is 4. The Hall–Kier alpha value is -1.07. The molecule has 1 aliphatic rings. The van der Waals surface area contributed by atoms with E-state index in [9.17, 15) is 4.79 Å². The maximum absolute atomic E-state index is 12.1. The van der Waals surface area contributed by atoms with Gasteiger partial charge in [0.15, 0.2) is 0 Å². The van der Waals surface area contributed by atoms with Crippen LogP contribution >= 0.6 is 0 Å². The summed E-state index contributed by atoms with van der Waals surface area (Å²) in [5.41, 5.74) is 1.95. The van der Waals surface area contributed by atoms with E-state index in [0.717, 1.165) is 48.7 Å². The van der Waals surface area contributed by atoms with Gasteiger partial charge in [-0.15, -0.1) is 0 Å². The van der Waals surface area contributed by atoms with Gasteiger partial charge in [0.1, 0.15) is 17.3 Å². The smallest absolute Gasteiger partial charge is 0.229 e. The molecular formula is C24H31N5O2Rn. The fraction of sp³-hybridized carbons (Fsp3) is 0.375. The second kappa shape index (κ2) is 10.9. The molecule has 2 heterocycles. The van der Waals surface area contributed by atoms with Gasteiger partial charge in [-0.05, 0) is 43.4 Å². The number of aromatic nitrogens is 2. The second-order valence-corrected chi connectivity index (χ2v) is 9.00. The molecule has 0 saturated carbocycles. The van der Waals surface area contributed by atoms with Crippen LogP contribution in [0.25, 0.3) is 11.0 Å². The molecule has 4 rings (SSSR count). The van der Waals surface area contributed by atoms with Crippen molar-refractivity contribution in [2.75, 3.05) is 43.4 Å². The van der Waals surface area contributed by atoms with E-state index in [2.05, 4.69) is 27.1 Å². The van der Waals surface area contributed by atoms with Crippen LogP contribution in [-0.4, -0.2) is 54.0 Å². The summed E-state index contributed by atoms with van der Waals surface area (Å²) in [6, 6.07) is 13.1. The number of nitrogens with one attached hydrogen (secondary N) is 1. The SMILES string of the molecule is CN1CCN(c2cnc3ccc(Oc4ccc(NC(=O)C(C)(C)C)cc4)cc3n2)CC1.[HH].[Rn]. The molecular weight excluding hydrogens is 612 g/mol. The van der Waals surface area contributed by atoms with Crippen LogP contribution in [0.4, 0.5) is 11.5 Å². The van der Waals surface area contributed by atoms with Crippen LogP contribution in [0.1, 0.15) is 22.2 Å². The third-order valence-electron chi connectivity index (χ3n) is 5.36. The van der Waals surface area contributed by atoms with Crippen LogP contribution in [-0.2, 0) is 4.79 Å². The van der Waals surface area contributed by atoms with Crippen molar-refractivity contribution in [2.45, 2.75) is 20.8 Å². The first-order valence-electron chi connectivity index (χ1n) is 10.6. The van der Waals surface area contributed by atoms with Crippen molar-refractivity contribution in [3.05, 3.63) is 48.7 Å². The normalized spacial score (nSPS) is 14.7. The van der Waals surface area contributed by atoms with E-state index in [1.54, 1.807) is 0 Å². The van der Waals surface area contributed by atoms with Crippen molar-refractivity contribution in [3.8, 4) is 11.5 Å². The van der Waals surface area contributed by atoms with Gasteiger partial charge in [-0.25, -0.2) is 4.98 Å². The summed E-state index contributed by atoms with van der Waals surface area (Å²) in [4.78, 5) is 26.1. The molecule has 7 nitrogen and oxygen atoms in total. The number of benzene rings is 2. The first-order valence-corrected chi connectivity index (χ1v) is 10.6. The topological polar surface area (TPSA) is 70.6 Å². The fourth-order valence-corrected chi connectivity index (χ4v) is 3.29. The van der Waals surface area contributed by atoms with Gasteiger partial charge in [-0.2, -0.15) is 0 Å². The van der Waals surface area contributed by atoms with Gasteiger partial charge >= 0.3 is 0 Å². The molecule has 1 aliphatic heterocycles. The molecule has 32 heavy (non-hydrogen) atoms. The number of nitrogens with zero attached hydrogens (tertiary/aromatic N) is 4. The third kappa shape index (κ3) is 6.50. The zero-order chi connectivity index (χ0) is 22.0. The van der Waals surface area contributed by atoms with Gasteiger partial charge in [0.2, 0.25) is 5.91 Å². The first-order chi connectivity index (χ1) is 14.8. The molecule has 1 N–H and O–H groups in total. The zero-order valence-corrected chi connectivity index (χ0v) is 21.7. The number of hydrogen-bond acceptors (Lipinski definition) is 6. The number of hydrogen-bond donors (Lipinski definition) is 1. The van der Waals surface area contributed by atoms with Crippen LogP contribution in [0.2, 0.25) is 0 Å². The average Bonchev–Trinajstić information content (AvgIpc) is 2.74. The maximum Gasteiger partial charge on any atom is 0.229 e. The van der Waals surface area contributed by atoms with Crippen molar-refractivity contribution in [1.29, 1.82) is 0 Å². The Bertz CT molecular complexity index is 1080. The number of carbonyl (C=O) groups excluding carboxylic acids is 1. The van der Waals surface area contributed by atoms with Crippen molar-refractivity contribution in [1.82, 2.24) is 14.9 Å². The molecule has 2 aromatic carbocycles. The van der Waals surface area contributed by atoms with Crippen LogP contribution < -0.4 is 15.0 Å². The molecule has 0 atom stereocenters. The summed E-state index contributed by atoms with van der Waals surface area (Å²) in [5, 5.41) is 2.92. The van der Waals surface area contributed by atoms with Gasteiger partial charge in [0.05, 0.1) is 17.2 Å². The maximum atomic E-state index is 12.1. The first kappa shape index (κ1) is 25.5. The van der Waals surface area contributed by atoms with E-state index >= 15 is 0 Å². The molecule has 8 heteroatoms. The summed E-state index contributed by atoms with van der Waals surface area (Å²) in [6.45, 7) is 9.60. The summed E-state index contributed by atoms with van der Waals surface area (Å²) < 4.78 is 6.01. The van der Waals surface area contributed by atoms with E-state index in [4.69, 9.17) is 9.72 Å². The molecule has 1 aromatic heterocycles. The summed E-state index contributed by atoms with van der Waals surface area (Å²) in [6.07, 6.45) is 1.85. The Kier molecular flexibility index (Phi) is 8.70. The van der Waals surface area contributed by atoms with E-state index in [-0.39, 0.29) is 79.2 Å². The molecule has 0 bridgehead atoms. The number of anilines is 2. The average molecular weight is 644 g/mol. The Morgan fingerprint density at radius 2 is 1.66 bits per heavy atom. The predicted octanol–water partition coefficient (Wildman–Crippen LogP) is 4.40. The number of likely N-dealkylation sites (N-methyl/N-ethyl adjacent to an activating group) is 1. The van der Waals surface area contributed by atoms with Crippen molar-refractivity contribution < 1.29 is 82.8 Å². The Morgan fingerprint density at radius 3 is 2.31 bits per heavy atom. The minimum Gasteiger partial charge on any atom is -0.457 e. The van der Waals surface area contributed by atoms with E-state index in [1.165, 1.54) is 0 Å². The molecule has 1 saturated heterocycles. The van der Waals surface area contributed by atoms with Crippen molar-refractivity contribution in [2.24, 2.45) is 5.41 Å². The van der Waals surface area contributed by atoms with E-state index < -0.39 is 5.41 Å². The fourth-order valence-electron chi connectivity index (χ4n) is 3.29. The van der Waals surface area contributed by atoms with E-state index in [0.29, 0.717) is 11.5 Å². The molecule has 0 radical (unpaired) electrons. The van der Waals surface area contributed by atoms with Crippen LogP contribution in [0, 0.1) is 77.3 Å². The second-order valence-electron chi connectivity index (χ2n) is 9.00. The van der Waals surface area contributed by atoms with Gasteiger partial charge in [-0.3, -0.25) is 9.78 Å². The number of ether oxygens (including phenoxy) is 1.